The van der Waals surface area contributed by atoms with Gasteiger partial charge in [-0.3, -0.25) is 9.59 Å². The molecule has 3 rings (SSSR count). The van der Waals surface area contributed by atoms with Gasteiger partial charge in [-0.15, -0.1) is 0 Å². The minimum atomic E-state index is -1.77. The molecule has 0 aliphatic heterocycles. The third-order valence-corrected chi connectivity index (χ3v) is 7.05. The van der Waals surface area contributed by atoms with Crippen molar-refractivity contribution < 1.29 is 9.90 Å². The molecule has 2 aromatic carbocycles. The Morgan fingerprint density at radius 3 is 2.38 bits per heavy atom. The Morgan fingerprint density at radius 2 is 1.76 bits per heavy atom. The van der Waals surface area contributed by atoms with E-state index in [1.165, 1.54) is 6.20 Å². The molecule has 0 aliphatic rings. The monoisotopic (exact) mass is 408 g/mol. The van der Waals surface area contributed by atoms with Crippen LogP contribution in [0.5, 0.6) is 5.75 Å². The van der Waals surface area contributed by atoms with Gasteiger partial charge < -0.3 is 15.4 Å². The number of benzene rings is 2. The quantitative estimate of drug-likeness (QED) is 0.564. The van der Waals surface area contributed by atoms with Gasteiger partial charge in [-0.05, 0) is 28.3 Å². The van der Waals surface area contributed by atoms with Crippen LogP contribution in [0.25, 0.3) is 10.9 Å². The van der Waals surface area contributed by atoms with Crippen molar-refractivity contribution in [1.29, 1.82) is 0 Å². The number of H-pyrrole nitrogens is 1. The number of fused-ring (bicyclic) bond motifs is 1. The van der Waals surface area contributed by atoms with E-state index < -0.39 is 14.0 Å². The number of phenols is 1. The van der Waals surface area contributed by atoms with Gasteiger partial charge in [0.15, 0.2) is 0 Å². The fraction of sp³-hybridized carbons (Fsp3) is 0.304. The van der Waals surface area contributed by atoms with Gasteiger partial charge in [0.05, 0.1) is 8.07 Å². The summed E-state index contributed by atoms with van der Waals surface area (Å²) in [7, 11) is -1.77. The van der Waals surface area contributed by atoms with Gasteiger partial charge in [-0.1, -0.05) is 58.6 Å². The van der Waals surface area contributed by atoms with Crippen LogP contribution in [0.2, 0.25) is 19.6 Å². The van der Waals surface area contributed by atoms with Crippen LogP contribution < -0.4 is 15.9 Å². The highest BCUT2D eigenvalue weighted by atomic mass is 28.3. The van der Waals surface area contributed by atoms with Crippen molar-refractivity contribution in [2.45, 2.75) is 45.8 Å². The van der Waals surface area contributed by atoms with Crippen LogP contribution in [0.1, 0.15) is 36.7 Å². The molecule has 29 heavy (non-hydrogen) atoms. The number of aromatic amines is 1. The SMILES string of the molecule is CC(C)(C)c1cc([Si](C)(C)C)c(O)cc1NC(=O)c1c[nH]c2ccccc2c1=O. The van der Waals surface area contributed by atoms with Crippen molar-refractivity contribution >= 4 is 35.8 Å². The molecule has 1 aromatic heterocycles. The Morgan fingerprint density at radius 1 is 1.10 bits per heavy atom. The van der Waals surface area contributed by atoms with E-state index in [4.69, 9.17) is 0 Å². The van der Waals surface area contributed by atoms with Gasteiger partial charge in [0, 0.05) is 28.9 Å². The van der Waals surface area contributed by atoms with E-state index in [2.05, 4.69) is 50.7 Å². The van der Waals surface area contributed by atoms with E-state index in [9.17, 15) is 14.7 Å². The maximum Gasteiger partial charge on any atom is 0.261 e. The number of rotatable bonds is 3. The second-order valence-corrected chi connectivity index (χ2v) is 14.5. The molecule has 0 unspecified atom stereocenters. The molecular formula is C23H28N2O3Si. The molecule has 0 spiro atoms. The first kappa shape index (κ1) is 20.9. The average molecular weight is 409 g/mol. The highest BCUT2D eigenvalue weighted by molar-refractivity contribution is 6.89. The van der Waals surface area contributed by atoms with Crippen LogP contribution in [0, 0.1) is 0 Å². The summed E-state index contributed by atoms with van der Waals surface area (Å²) in [5.74, 6) is -0.317. The minimum absolute atomic E-state index is 0.0392. The molecule has 152 valence electrons. The summed E-state index contributed by atoms with van der Waals surface area (Å²) in [6.45, 7) is 12.7. The van der Waals surface area contributed by atoms with Crippen molar-refractivity contribution in [3.05, 3.63) is 63.9 Å². The fourth-order valence-electron chi connectivity index (χ4n) is 3.44. The molecule has 1 heterocycles. The van der Waals surface area contributed by atoms with E-state index in [-0.39, 0.29) is 22.2 Å². The molecule has 3 aromatic rings. The molecule has 0 saturated carbocycles. The Hall–Kier alpha value is -2.86. The number of carbonyl (C=O) groups is 1. The molecule has 6 heteroatoms. The van der Waals surface area contributed by atoms with E-state index >= 15 is 0 Å². The Balaban J connectivity index is 2.08. The van der Waals surface area contributed by atoms with E-state index in [0.717, 1.165) is 10.8 Å². The first-order valence-electron chi connectivity index (χ1n) is 9.69. The van der Waals surface area contributed by atoms with Gasteiger partial charge in [0.2, 0.25) is 5.43 Å². The van der Waals surface area contributed by atoms with Crippen LogP contribution >= 0.6 is 0 Å². The van der Waals surface area contributed by atoms with Crippen LogP contribution in [0.15, 0.2) is 47.4 Å². The molecule has 0 atom stereocenters. The summed E-state index contributed by atoms with van der Waals surface area (Å²) < 4.78 is 0. The van der Waals surface area contributed by atoms with Gasteiger partial charge in [0.1, 0.15) is 11.3 Å². The second kappa shape index (κ2) is 7.19. The number of amides is 1. The number of aromatic nitrogens is 1. The summed E-state index contributed by atoms with van der Waals surface area (Å²) in [6.07, 6.45) is 1.44. The lowest BCUT2D eigenvalue weighted by molar-refractivity contribution is 0.102. The second-order valence-electron chi connectivity index (χ2n) is 9.45. The van der Waals surface area contributed by atoms with E-state index in [0.29, 0.717) is 16.6 Å². The summed E-state index contributed by atoms with van der Waals surface area (Å²) in [5, 5.41) is 14.9. The van der Waals surface area contributed by atoms with Crippen LogP contribution in [-0.2, 0) is 5.41 Å². The summed E-state index contributed by atoms with van der Waals surface area (Å²) in [6, 6.07) is 10.7. The summed E-state index contributed by atoms with van der Waals surface area (Å²) in [5.41, 5.74) is 1.60. The normalized spacial score (nSPS) is 12.2. The number of aromatic hydroxyl groups is 1. The number of nitrogens with one attached hydrogen (secondary N) is 2. The molecular weight excluding hydrogens is 380 g/mol. The highest BCUT2D eigenvalue weighted by Crippen LogP contribution is 2.33. The van der Waals surface area contributed by atoms with Crippen molar-refractivity contribution in [2.75, 3.05) is 5.32 Å². The Labute approximate surface area is 171 Å². The number of pyridine rings is 1. The van der Waals surface area contributed by atoms with Crippen molar-refractivity contribution in [1.82, 2.24) is 4.98 Å². The summed E-state index contributed by atoms with van der Waals surface area (Å²) in [4.78, 5) is 28.7. The first-order chi connectivity index (χ1) is 13.4. The predicted octanol–water partition coefficient (Wildman–Crippen LogP) is 4.33. The molecule has 1 amide bonds. The third kappa shape index (κ3) is 4.12. The zero-order valence-corrected chi connectivity index (χ0v) is 18.8. The maximum atomic E-state index is 12.9. The zero-order chi connectivity index (χ0) is 21.6. The van der Waals surface area contributed by atoms with Gasteiger partial charge >= 0.3 is 0 Å². The Bertz CT molecular complexity index is 1150. The zero-order valence-electron chi connectivity index (χ0n) is 17.8. The lowest BCUT2D eigenvalue weighted by atomic mass is 9.85. The number of hydrogen-bond donors (Lipinski definition) is 3. The van der Waals surface area contributed by atoms with Crippen LogP contribution in [0.4, 0.5) is 5.69 Å². The topological polar surface area (TPSA) is 82.2 Å². The van der Waals surface area contributed by atoms with Crippen molar-refractivity contribution in [3.8, 4) is 5.75 Å². The summed E-state index contributed by atoms with van der Waals surface area (Å²) >= 11 is 0. The van der Waals surface area contributed by atoms with Gasteiger partial charge in [0.25, 0.3) is 5.91 Å². The van der Waals surface area contributed by atoms with Crippen molar-refractivity contribution in [3.63, 3.8) is 0 Å². The first-order valence-corrected chi connectivity index (χ1v) is 13.2. The number of phenolic OH excluding ortho intramolecular Hbond substituents is 1. The van der Waals surface area contributed by atoms with E-state index in [1.807, 2.05) is 12.1 Å². The van der Waals surface area contributed by atoms with Gasteiger partial charge in [-0.25, -0.2) is 0 Å². The molecule has 0 radical (unpaired) electrons. The van der Waals surface area contributed by atoms with Gasteiger partial charge in [-0.2, -0.15) is 0 Å². The molecule has 5 nitrogen and oxygen atoms in total. The molecule has 0 bridgehead atoms. The molecule has 3 N–H and O–H groups in total. The molecule has 0 saturated heterocycles. The number of para-hydroxylation sites is 1. The highest BCUT2D eigenvalue weighted by Gasteiger charge is 2.27. The lowest BCUT2D eigenvalue weighted by Crippen LogP contribution is -2.39. The number of hydrogen-bond acceptors (Lipinski definition) is 3. The van der Waals surface area contributed by atoms with Crippen LogP contribution in [0.3, 0.4) is 0 Å². The fourth-order valence-corrected chi connectivity index (χ4v) is 4.86. The number of carbonyl (C=O) groups excluding carboxylic acids is 1. The standard InChI is InChI=1S/C23H28N2O3Si/c1-23(2,3)16-11-20(29(4,5)6)19(26)12-18(16)25-22(28)15-13-24-17-10-8-7-9-14(17)21(15)27/h7-13,26H,1-6H3,(H,24,27)(H,25,28). The molecule has 0 aliphatic carbocycles. The Kier molecular flexibility index (Phi) is 5.17. The van der Waals surface area contributed by atoms with E-state index in [1.54, 1.807) is 24.3 Å². The predicted molar refractivity (Wildman–Crippen MR) is 122 cm³/mol. The van der Waals surface area contributed by atoms with Crippen LogP contribution in [-0.4, -0.2) is 24.1 Å². The number of anilines is 1. The lowest BCUT2D eigenvalue weighted by Gasteiger charge is -2.27. The third-order valence-electron chi connectivity index (χ3n) is 5.03. The van der Waals surface area contributed by atoms with Crippen molar-refractivity contribution in [2.24, 2.45) is 0 Å². The smallest absolute Gasteiger partial charge is 0.261 e. The largest absolute Gasteiger partial charge is 0.508 e. The maximum absolute atomic E-state index is 12.9. The molecule has 0 fully saturated rings. The minimum Gasteiger partial charge on any atom is -0.508 e. The average Bonchev–Trinajstić information content (AvgIpc) is 2.60.